The van der Waals surface area contributed by atoms with Gasteiger partial charge in [-0.1, -0.05) is 65.5 Å². The van der Waals surface area contributed by atoms with Gasteiger partial charge in [0.05, 0.1) is 28.5 Å². The van der Waals surface area contributed by atoms with E-state index >= 15 is 0 Å². The number of benzene rings is 4. The van der Waals surface area contributed by atoms with Gasteiger partial charge in [-0.15, -0.1) is 0 Å². The molecule has 0 saturated carbocycles. The topological polar surface area (TPSA) is 117 Å². The number of nitrogens with one attached hydrogen (secondary N) is 2. The van der Waals surface area contributed by atoms with E-state index in [1.807, 2.05) is 39.0 Å². The number of methoxy groups -OCH3 is 1. The number of aliphatic imine (C=N–C) groups is 1. The zero-order valence-corrected chi connectivity index (χ0v) is 28.2. The van der Waals surface area contributed by atoms with Crippen LogP contribution < -0.4 is 25.2 Å². The summed E-state index contributed by atoms with van der Waals surface area (Å²) in [5, 5.41) is 13.3. The maximum absolute atomic E-state index is 13.7. The summed E-state index contributed by atoms with van der Waals surface area (Å²) >= 11 is 19.0. The van der Waals surface area contributed by atoms with Crippen LogP contribution >= 0.6 is 34.8 Å². The number of aryl methyl sites for hydroxylation is 2. The molecule has 2 N–H and O–H groups in total. The largest absolute Gasteiger partial charge is 0.497 e. The molecule has 0 aliphatic carbocycles. The monoisotopic (exact) mass is 692 g/mol. The van der Waals surface area contributed by atoms with Crippen molar-refractivity contribution in [1.82, 2.24) is 5.43 Å². The Morgan fingerprint density at radius 3 is 2.36 bits per heavy atom. The number of hydrazine groups is 1. The van der Waals surface area contributed by atoms with E-state index in [1.54, 1.807) is 55.6 Å². The molecule has 1 fully saturated rings. The highest BCUT2D eigenvalue weighted by Crippen LogP contribution is 2.38. The number of carbonyl (C=O) groups is 2. The minimum absolute atomic E-state index is 0.147. The van der Waals surface area contributed by atoms with Gasteiger partial charge in [0.25, 0.3) is 11.8 Å². The Kier molecular flexibility index (Phi) is 10.7. The predicted octanol–water partition coefficient (Wildman–Crippen LogP) is 8.80. The number of anilines is 2. The number of rotatable bonds is 10. The summed E-state index contributed by atoms with van der Waals surface area (Å²) in [6.45, 7) is 5.82. The van der Waals surface area contributed by atoms with Crippen molar-refractivity contribution in [1.29, 1.82) is 0 Å². The van der Waals surface area contributed by atoms with E-state index in [2.05, 4.69) is 26.0 Å². The average molecular weight is 694 g/mol. The van der Waals surface area contributed by atoms with Crippen molar-refractivity contribution >= 4 is 75.2 Å². The first kappa shape index (κ1) is 33.7. The highest BCUT2D eigenvalue weighted by molar-refractivity contribution is 6.43. The summed E-state index contributed by atoms with van der Waals surface area (Å²) in [7, 11) is 1.56. The van der Waals surface area contributed by atoms with Crippen LogP contribution in [0.1, 0.15) is 24.5 Å². The Balaban J connectivity index is 1.42. The molecular weight excluding hydrogens is 663 g/mol. The molecule has 242 valence electrons. The predicted molar refractivity (Wildman–Crippen MR) is 186 cm³/mol. The van der Waals surface area contributed by atoms with Gasteiger partial charge >= 0.3 is 0 Å². The average Bonchev–Trinajstić information content (AvgIpc) is 3.33. The van der Waals surface area contributed by atoms with Crippen molar-refractivity contribution in [3.8, 4) is 11.5 Å². The fourth-order valence-electron chi connectivity index (χ4n) is 4.77. The molecule has 1 heterocycles. The van der Waals surface area contributed by atoms with Gasteiger partial charge in [0, 0.05) is 10.7 Å². The van der Waals surface area contributed by atoms with Crippen LogP contribution in [0.5, 0.6) is 11.5 Å². The first-order chi connectivity index (χ1) is 22.6. The van der Waals surface area contributed by atoms with E-state index in [0.717, 1.165) is 11.1 Å². The summed E-state index contributed by atoms with van der Waals surface area (Å²) in [5.41, 5.74) is 6.63. The van der Waals surface area contributed by atoms with Crippen LogP contribution in [0, 0.1) is 13.8 Å². The Morgan fingerprint density at radius 2 is 1.70 bits per heavy atom. The molecule has 4 aromatic carbocycles. The second kappa shape index (κ2) is 14.8. The van der Waals surface area contributed by atoms with E-state index < -0.39 is 18.1 Å². The van der Waals surface area contributed by atoms with E-state index in [1.165, 1.54) is 17.1 Å². The lowest BCUT2D eigenvalue weighted by atomic mass is 10.1. The Morgan fingerprint density at radius 1 is 0.979 bits per heavy atom. The van der Waals surface area contributed by atoms with Crippen molar-refractivity contribution in [3.05, 3.63) is 105 Å². The maximum Gasteiger partial charge on any atom is 0.280 e. The van der Waals surface area contributed by atoms with Crippen molar-refractivity contribution in [2.45, 2.75) is 39.3 Å². The van der Waals surface area contributed by atoms with Crippen molar-refractivity contribution < 1.29 is 19.1 Å². The molecule has 10 nitrogen and oxygen atoms in total. The van der Waals surface area contributed by atoms with Crippen molar-refractivity contribution in [3.63, 3.8) is 0 Å². The molecule has 0 radical (unpaired) electrons. The van der Waals surface area contributed by atoms with E-state index in [9.17, 15) is 9.59 Å². The van der Waals surface area contributed by atoms with Gasteiger partial charge in [-0.25, -0.2) is 10.0 Å². The first-order valence-electron chi connectivity index (χ1n) is 14.6. The number of amides is 2. The number of hydrogen-bond donors (Lipinski definition) is 2. The number of azo groups is 1. The number of hydrogen-bond acceptors (Lipinski definition) is 7. The molecule has 47 heavy (non-hydrogen) atoms. The molecule has 1 aliphatic rings. The van der Waals surface area contributed by atoms with Crippen LogP contribution in [0.2, 0.25) is 15.1 Å². The molecule has 4 aromatic rings. The Labute approximate surface area is 287 Å². The van der Waals surface area contributed by atoms with Crippen LogP contribution in [-0.4, -0.2) is 36.9 Å². The van der Waals surface area contributed by atoms with Crippen LogP contribution in [-0.2, 0) is 9.59 Å². The van der Waals surface area contributed by atoms with Gasteiger partial charge < -0.3 is 14.8 Å². The van der Waals surface area contributed by atoms with Gasteiger partial charge in [-0.3, -0.25) is 15.0 Å². The highest BCUT2D eigenvalue weighted by Gasteiger charge is 2.40. The van der Waals surface area contributed by atoms with E-state index in [4.69, 9.17) is 44.3 Å². The molecular formula is C34H31Cl3N6O4. The lowest BCUT2D eigenvalue weighted by Gasteiger charge is -2.19. The van der Waals surface area contributed by atoms with Crippen LogP contribution in [0.4, 0.5) is 22.7 Å². The third-order valence-corrected chi connectivity index (χ3v) is 7.93. The molecule has 2 atom stereocenters. The molecule has 0 spiro atoms. The minimum atomic E-state index is -1.17. The normalized spacial score (nSPS) is 16.0. The van der Waals surface area contributed by atoms with E-state index in [-0.39, 0.29) is 27.5 Å². The van der Waals surface area contributed by atoms with Gasteiger partial charge in [-0.05, 0) is 86.5 Å². The molecule has 13 heteroatoms. The second-order valence-electron chi connectivity index (χ2n) is 10.6. The first-order valence-corrected chi connectivity index (χ1v) is 15.7. The van der Waals surface area contributed by atoms with Gasteiger partial charge in [0.15, 0.2) is 11.9 Å². The summed E-state index contributed by atoms with van der Waals surface area (Å²) in [6.07, 6.45) is -0.259. The van der Waals surface area contributed by atoms with Crippen molar-refractivity contribution in [2.24, 2.45) is 15.2 Å². The zero-order valence-electron chi connectivity index (χ0n) is 25.9. The third-order valence-electron chi connectivity index (χ3n) is 7.13. The van der Waals surface area contributed by atoms with Gasteiger partial charge in [0.1, 0.15) is 17.2 Å². The molecule has 5 rings (SSSR count). The summed E-state index contributed by atoms with van der Waals surface area (Å²) < 4.78 is 11.3. The fourth-order valence-corrected chi connectivity index (χ4v) is 5.76. The molecule has 2 amide bonds. The number of amidine groups is 1. The van der Waals surface area contributed by atoms with Crippen LogP contribution in [0.15, 0.2) is 94.1 Å². The van der Waals surface area contributed by atoms with Crippen LogP contribution in [0.3, 0.4) is 0 Å². The Hall–Kier alpha value is -4.64. The molecule has 2 unspecified atom stereocenters. The summed E-state index contributed by atoms with van der Waals surface area (Å²) in [4.78, 5) is 31.6. The SMILES string of the molecule is CCC(Oc1ccc(C)cc1C)C(=O)Nc1cccc(N=C2NN(c3c(Cl)cc(Cl)cc3Cl)C(=O)C2N=Nc2ccc(OC)cc2)c1. The maximum atomic E-state index is 13.7. The molecule has 1 aliphatic heterocycles. The third kappa shape index (κ3) is 8.02. The molecule has 0 bridgehead atoms. The molecule has 0 aromatic heterocycles. The lowest BCUT2D eigenvalue weighted by Crippen LogP contribution is -2.36. The second-order valence-corrected chi connectivity index (χ2v) is 11.9. The fraction of sp³-hybridized carbons (Fsp3) is 0.206. The smallest absolute Gasteiger partial charge is 0.280 e. The van der Waals surface area contributed by atoms with Gasteiger partial charge in [0.2, 0.25) is 6.04 Å². The Bertz CT molecular complexity index is 1840. The van der Waals surface area contributed by atoms with Crippen molar-refractivity contribution in [2.75, 3.05) is 17.4 Å². The number of ether oxygens (including phenoxy) is 2. The number of nitrogens with zero attached hydrogens (tertiary/aromatic N) is 4. The highest BCUT2D eigenvalue weighted by atomic mass is 35.5. The zero-order chi connectivity index (χ0) is 33.7. The lowest BCUT2D eigenvalue weighted by molar-refractivity contribution is -0.123. The number of halogens is 3. The minimum Gasteiger partial charge on any atom is -0.497 e. The van der Waals surface area contributed by atoms with Gasteiger partial charge in [-0.2, -0.15) is 10.2 Å². The number of carbonyl (C=O) groups excluding carboxylic acids is 2. The summed E-state index contributed by atoms with van der Waals surface area (Å²) in [5.74, 6) is 0.622. The van der Waals surface area contributed by atoms with Crippen LogP contribution in [0.25, 0.3) is 0 Å². The standard InChI is InChI=1S/C34H31Cl3N6O4/c1-5-28(47-29-14-9-19(2)15-20(29)3)33(44)39-24-8-6-7-23(18-24)38-32-30(41-40-22-10-12-25(46-4)13-11-22)34(45)43(42-32)31-26(36)16-21(35)17-27(31)37/h6-18,28,30H,5H2,1-4H3,(H,38,42)(H,39,44). The summed E-state index contributed by atoms with van der Waals surface area (Å²) in [6, 6.07) is 21.3. The van der Waals surface area contributed by atoms with E-state index in [0.29, 0.717) is 40.0 Å². The molecule has 1 saturated heterocycles. The quantitative estimate of drug-likeness (QED) is 0.161.